The zero-order valence-electron chi connectivity index (χ0n) is 10.7. The minimum absolute atomic E-state index is 0.987. The zero-order chi connectivity index (χ0) is 13.3. The molecular weight excluding hydrogens is 270 g/mol. The van der Waals surface area contributed by atoms with E-state index in [0.29, 0.717) is 0 Å². The Balaban J connectivity index is 2.01. The van der Waals surface area contributed by atoms with Gasteiger partial charge in [-0.3, -0.25) is 0 Å². The third-order valence-electron chi connectivity index (χ3n) is 2.36. The van der Waals surface area contributed by atoms with Crippen molar-refractivity contribution in [2.45, 2.75) is 4.90 Å². The van der Waals surface area contributed by atoms with Crippen molar-refractivity contribution in [1.82, 2.24) is 0 Å². The summed E-state index contributed by atoms with van der Waals surface area (Å²) in [5, 5.41) is 3.09. The van der Waals surface area contributed by atoms with Crippen LogP contribution in [0.5, 0.6) is 0 Å². The SMILES string of the molecule is CSC(C=CSc1ccccc1)=Nc1ccccc1. The van der Waals surface area contributed by atoms with E-state index < -0.39 is 0 Å². The smallest absolute Gasteiger partial charge is 0.0969 e. The van der Waals surface area contributed by atoms with Gasteiger partial charge in [-0.25, -0.2) is 4.99 Å². The van der Waals surface area contributed by atoms with Crippen molar-refractivity contribution < 1.29 is 0 Å². The summed E-state index contributed by atoms with van der Waals surface area (Å²) in [5.41, 5.74) is 0.987. The normalized spacial score (nSPS) is 11.9. The summed E-state index contributed by atoms with van der Waals surface area (Å²) < 4.78 is 0. The van der Waals surface area contributed by atoms with Crippen LogP contribution in [-0.2, 0) is 0 Å². The van der Waals surface area contributed by atoms with E-state index in [0.717, 1.165) is 10.7 Å². The molecule has 0 saturated heterocycles. The first-order valence-electron chi connectivity index (χ1n) is 5.94. The van der Waals surface area contributed by atoms with Gasteiger partial charge in [0, 0.05) is 4.90 Å². The van der Waals surface area contributed by atoms with Crippen LogP contribution >= 0.6 is 23.5 Å². The van der Waals surface area contributed by atoms with Crippen LogP contribution < -0.4 is 0 Å². The highest BCUT2D eigenvalue weighted by Gasteiger charge is 1.93. The summed E-state index contributed by atoms with van der Waals surface area (Å²) in [6.07, 6.45) is 4.09. The number of benzene rings is 2. The molecule has 0 aromatic heterocycles. The first kappa shape index (κ1) is 14.0. The third-order valence-corrected chi connectivity index (χ3v) is 3.82. The summed E-state index contributed by atoms with van der Waals surface area (Å²) >= 11 is 3.35. The van der Waals surface area contributed by atoms with Crippen LogP contribution in [0.4, 0.5) is 5.69 Å². The van der Waals surface area contributed by atoms with Crippen LogP contribution in [0.1, 0.15) is 0 Å². The lowest BCUT2D eigenvalue weighted by Crippen LogP contribution is -1.82. The molecular formula is C16H15NS2. The van der Waals surface area contributed by atoms with Gasteiger partial charge in [0.2, 0.25) is 0 Å². The molecule has 19 heavy (non-hydrogen) atoms. The van der Waals surface area contributed by atoms with Crippen LogP contribution in [0.3, 0.4) is 0 Å². The fourth-order valence-corrected chi connectivity index (χ4v) is 2.61. The molecule has 2 rings (SSSR count). The Labute approximate surface area is 122 Å². The molecule has 0 atom stereocenters. The van der Waals surface area contributed by atoms with E-state index in [1.165, 1.54) is 4.90 Å². The predicted octanol–water partition coefficient (Wildman–Crippen LogP) is 5.39. The van der Waals surface area contributed by atoms with Gasteiger partial charge in [-0.05, 0) is 42.0 Å². The number of hydrogen-bond donors (Lipinski definition) is 0. The summed E-state index contributed by atoms with van der Waals surface area (Å²) in [4.78, 5) is 5.82. The Morgan fingerprint density at radius 2 is 1.58 bits per heavy atom. The standard InChI is InChI=1S/C16H15NS2/c1-18-16(17-14-8-4-2-5-9-14)12-13-19-15-10-6-3-7-11-15/h2-13H,1H3. The monoisotopic (exact) mass is 285 g/mol. The molecule has 0 amide bonds. The topological polar surface area (TPSA) is 12.4 Å². The Morgan fingerprint density at radius 3 is 2.21 bits per heavy atom. The van der Waals surface area contributed by atoms with Crippen LogP contribution in [0.15, 0.2) is 82.0 Å². The van der Waals surface area contributed by atoms with Crippen molar-refractivity contribution in [3.8, 4) is 0 Å². The highest BCUT2D eigenvalue weighted by Crippen LogP contribution is 2.20. The van der Waals surface area contributed by atoms with E-state index in [1.807, 2.05) is 54.8 Å². The third kappa shape index (κ3) is 4.97. The molecule has 0 N–H and O–H groups in total. The maximum absolute atomic E-state index is 4.59. The van der Waals surface area contributed by atoms with Gasteiger partial charge >= 0.3 is 0 Å². The number of hydrogen-bond acceptors (Lipinski definition) is 3. The lowest BCUT2D eigenvalue weighted by atomic mass is 10.3. The maximum Gasteiger partial charge on any atom is 0.0969 e. The minimum Gasteiger partial charge on any atom is -0.242 e. The highest BCUT2D eigenvalue weighted by atomic mass is 32.2. The number of rotatable bonds is 4. The molecule has 96 valence electrons. The zero-order valence-corrected chi connectivity index (χ0v) is 12.3. The second kappa shape index (κ2) is 7.87. The van der Waals surface area contributed by atoms with Crippen molar-refractivity contribution in [3.05, 3.63) is 72.1 Å². The van der Waals surface area contributed by atoms with E-state index in [-0.39, 0.29) is 0 Å². The fourth-order valence-electron chi connectivity index (χ4n) is 1.45. The van der Waals surface area contributed by atoms with Crippen LogP contribution in [-0.4, -0.2) is 11.3 Å². The van der Waals surface area contributed by atoms with Crippen molar-refractivity contribution in [2.75, 3.05) is 6.26 Å². The number of para-hydroxylation sites is 1. The van der Waals surface area contributed by atoms with Gasteiger partial charge in [0.25, 0.3) is 0 Å². The molecule has 1 nitrogen and oxygen atoms in total. The Hall–Kier alpha value is -1.45. The highest BCUT2D eigenvalue weighted by molar-refractivity contribution is 8.13. The lowest BCUT2D eigenvalue weighted by molar-refractivity contribution is 1.47. The quantitative estimate of drug-likeness (QED) is 0.424. The second-order valence-corrected chi connectivity index (χ2v) is 5.53. The molecule has 0 fully saturated rings. The van der Waals surface area contributed by atoms with E-state index in [4.69, 9.17) is 0 Å². The van der Waals surface area contributed by atoms with E-state index in [1.54, 1.807) is 23.5 Å². The van der Waals surface area contributed by atoms with Gasteiger partial charge in [0.15, 0.2) is 0 Å². The molecule has 0 heterocycles. The average molecular weight is 285 g/mol. The van der Waals surface area contributed by atoms with Crippen molar-refractivity contribution in [2.24, 2.45) is 4.99 Å². The van der Waals surface area contributed by atoms with Gasteiger partial charge in [0.05, 0.1) is 10.7 Å². The Kier molecular flexibility index (Phi) is 5.79. The minimum atomic E-state index is 0.987. The molecule has 0 aliphatic heterocycles. The van der Waals surface area contributed by atoms with Crippen LogP contribution in [0.2, 0.25) is 0 Å². The van der Waals surface area contributed by atoms with Gasteiger partial charge in [-0.2, -0.15) is 0 Å². The largest absolute Gasteiger partial charge is 0.242 e. The molecule has 0 unspecified atom stereocenters. The number of nitrogens with zero attached hydrogens (tertiary/aromatic N) is 1. The predicted molar refractivity (Wildman–Crippen MR) is 88.5 cm³/mol. The Morgan fingerprint density at radius 1 is 0.947 bits per heavy atom. The summed E-state index contributed by atoms with van der Waals surface area (Å²) in [7, 11) is 0. The van der Waals surface area contributed by atoms with Crippen LogP contribution in [0, 0.1) is 0 Å². The summed E-state index contributed by atoms with van der Waals surface area (Å²) in [5.74, 6) is 0. The fraction of sp³-hybridized carbons (Fsp3) is 0.0625. The van der Waals surface area contributed by atoms with E-state index in [2.05, 4.69) is 28.6 Å². The number of thioether (sulfide) groups is 2. The molecule has 3 heteroatoms. The second-order valence-electron chi connectivity index (χ2n) is 3.72. The van der Waals surface area contributed by atoms with Gasteiger partial charge < -0.3 is 0 Å². The van der Waals surface area contributed by atoms with Crippen molar-refractivity contribution in [1.29, 1.82) is 0 Å². The van der Waals surface area contributed by atoms with Gasteiger partial charge in [-0.1, -0.05) is 48.2 Å². The molecule has 0 bridgehead atoms. The molecule has 2 aromatic carbocycles. The first-order valence-corrected chi connectivity index (χ1v) is 8.05. The summed E-state index contributed by atoms with van der Waals surface area (Å²) in [6, 6.07) is 20.3. The lowest BCUT2D eigenvalue weighted by Gasteiger charge is -1.98. The van der Waals surface area contributed by atoms with Crippen LogP contribution in [0.25, 0.3) is 0 Å². The molecule has 0 spiro atoms. The molecule has 0 aliphatic rings. The molecule has 0 aliphatic carbocycles. The van der Waals surface area contributed by atoms with Gasteiger partial charge in [-0.15, -0.1) is 11.8 Å². The summed E-state index contributed by atoms with van der Waals surface area (Å²) in [6.45, 7) is 0. The molecule has 0 radical (unpaired) electrons. The van der Waals surface area contributed by atoms with E-state index >= 15 is 0 Å². The number of aliphatic imine (C=N–C) groups is 1. The Bertz CT molecular complexity index is 547. The van der Waals surface area contributed by atoms with Crippen molar-refractivity contribution in [3.63, 3.8) is 0 Å². The maximum atomic E-state index is 4.59. The molecule has 0 saturated carbocycles. The van der Waals surface area contributed by atoms with Crippen molar-refractivity contribution >= 4 is 34.3 Å². The van der Waals surface area contributed by atoms with E-state index in [9.17, 15) is 0 Å². The van der Waals surface area contributed by atoms with Gasteiger partial charge in [0.1, 0.15) is 0 Å². The molecule has 2 aromatic rings. The average Bonchev–Trinajstić information content (AvgIpc) is 2.48. The first-order chi connectivity index (χ1) is 9.38.